The number of aryl methyl sites for hydroxylation is 1. The van der Waals surface area contributed by atoms with E-state index in [4.69, 9.17) is 0 Å². The number of nitrogens with zero attached hydrogens (tertiary/aromatic N) is 1. The van der Waals surface area contributed by atoms with E-state index in [-0.39, 0.29) is 17.4 Å². The van der Waals surface area contributed by atoms with Gasteiger partial charge in [0.15, 0.2) is 0 Å². The van der Waals surface area contributed by atoms with Gasteiger partial charge >= 0.3 is 0 Å². The number of rotatable bonds is 8. The van der Waals surface area contributed by atoms with Crippen LogP contribution >= 0.6 is 0 Å². The molecule has 2 aromatic rings. The Morgan fingerprint density at radius 2 is 1.71 bits per heavy atom. The van der Waals surface area contributed by atoms with Gasteiger partial charge in [0.1, 0.15) is 5.69 Å². The highest BCUT2D eigenvalue weighted by molar-refractivity contribution is 5.94. The van der Waals surface area contributed by atoms with Gasteiger partial charge < -0.3 is 10.6 Å². The van der Waals surface area contributed by atoms with Gasteiger partial charge in [0.05, 0.1) is 0 Å². The number of nitrogens with one attached hydrogen (secondary N) is 2. The second-order valence-electron chi connectivity index (χ2n) is 7.68. The Morgan fingerprint density at radius 1 is 0.964 bits per heavy atom. The average molecular weight is 380 g/mol. The van der Waals surface area contributed by atoms with E-state index >= 15 is 0 Å². The number of carbonyl (C=O) groups excluding carboxylic acids is 2. The van der Waals surface area contributed by atoms with Crippen LogP contribution in [-0.4, -0.2) is 28.9 Å². The van der Waals surface area contributed by atoms with Crippen molar-refractivity contribution < 1.29 is 9.59 Å². The van der Waals surface area contributed by atoms with Crippen LogP contribution in [0.4, 0.5) is 0 Å². The fourth-order valence-electron chi connectivity index (χ4n) is 3.94. The Hall–Kier alpha value is -2.69. The van der Waals surface area contributed by atoms with Gasteiger partial charge in [-0.25, -0.2) is 4.98 Å². The molecule has 1 heterocycles. The van der Waals surface area contributed by atoms with Gasteiger partial charge in [0.25, 0.3) is 11.8 Å². The SMILES string of the molecule is Cc1cccc(C(=O)NCCCCC2(NC(=O)c3ccccc3)CCCC2)n1. The molecule has 0 unspecified atom stereocenters. The van der Waals surface area contributed by atoms with Crippen LogP contribution in [0.5, 0.6) is 0 Å². The molecule has 5 nitrogen and oxygen atoms in total. The van der Waals surface area contributed by atoms with Crippen molar-refractivity contribution in [1.82, 2.24) is 15.6 Å². The molecule has 0 radical (unpaired) electrons. The quantitative estimate of drug-likeness (QED) is 0.680. The molecule has 5 heteroatoms. The van der Waals surface area contributed by atoms with Crippen LogP contribution in [0.3, 0.4) is 0 Å². The molecule has 28 heavy (non-hydrogen) atoms. The van der Waals surface area contributed by atoms with Crippen molar-refractivity contribution in [1.29, 1.82) is 0 Å². The van der Waals surface area contributed by atoms with Crippen LogP contribution in [0.15, 0.2) is 48.5 Å². The van der Waals surface area contributed by atoms with Crippen molar-refractivity contribution in [3.8, 4) is 0 Å². The van der Waals surface area contributed by atoms with Gasteiger partial charge in [-0.05, 0) is 63.3 Å². The fraction of sp³-hybridized carbons (Fsp3) is 0.435. The topological polar surface area (TPSA) is 71.1 Å². The van der Waals surface area contributed by atoms with E-state index in [1.807, 2.05) is 49.4 Å². The van der Waals surface area contributed by atoms with E-state index in [0.717, 1.165) is 50.6 Å². The number of benzene rings is 1. The molecule has 1 aliphatic carbocycles. The van der Waals surface area contributed by atoms with Crippen LogP contribution in [0, 0.1) is 6.92 Å². The predicted octanol–water partition coefficient (Wildman–Crippen LogP) is 4.03. The minimum absolute atomic E-state index is 0.0151. The molecule has 1 aromatic heterocycles. The molecule has 1 aliphatic rings. The zero-order valence-electron chi connectivity index (χ0n) is 16.5. The summed E-state index contributed by atoms with van der Waals surface area (Å²) < 4.78 is 0. The molecule has 1 fully saturated rings. The molecule has 2 amide bonds. The van der Waals surface area contributed by atoms with Gasteiger partial charge in [0, 0.05) is 23.3 Å². The van der Waals surface area contributed by atoms with Crippen molar-refractivity contribution in [2.75, 3.05) is 6.54 Å². The first-order chi connectivity index (χ1) is 13.6. The van der Waals surface area contributed by atoms with Crippen molar-refractivity contribution in [3.05, 3.63) is 65.5 Å². The molecule has 1 aromatic carbocycles. The van der Waals surface area contributed by atoms with Crippen LogP contribution < -0.4 is 10.6 Å². The lowest BCUT2D eigenvalue weighted by Gasteiger charge is -2.30. The van der Waals surface area contributed by atoms with Crippen LogP contribution in [0.1, 0.15) is 71.5 Å². The van der Waals surface area contributed by atoms with E-state index in [0.29, 0.717) is 17.8 Å². The summed E-state index contributed by atoms with van der Waals surface area (Å²) in [6.45, 7) is 2.50. The summed E-state index contributed by atoms with van der Waals surface area (Å²) in [4.78, 5) is 29.0. The molecule has 0 bridgehead atoms. The highest BCUT2D eigenvalue weighted by Crippen LogP contribution is 2.34. The van der Waals surface area contributed by atoms with E-state index in [9.17, 15) is 9.59 Å². The highest BCUT2D eigenvalue weighted by atomic mass is 16.2. The number of carbonyl (C=O) groups is 2. The Balaban J connectivity index is 1.45. The zero-order valence-corrected chi connectivity index (χ0v) is 16.5. The van der Waals surface area contributed by atoms with E-state index in [2.05, 4.69) is 15.6 Å². The molecule has 2 N–H and O–H groups in total. The van der Waals surface area contributed by atoms with Crippen molar-refractivity contribution in [3.63, 3.8) is 0 Å². The maximum atomic E-state index is 12.6. The minimum Gasteiger partial charge on any atom is -0.351 e. The third kappa shape index (κ3) is 5.41. The molecular weight excluding hydrogens is 350 g/mol. The molecule has 3 rings (SSSR count). The molecule has 0 saturated heterocycles. The Morgan fingerprint density at radius 3 is 2.43 bits per heavy atom. The number of amides is 2. The van der Waals surface area contributed by atoms with Gasteiger partial charge in [-0.15, -0.1) is 0 Å². The summed E-state index contributed by atoms with van der Waals surface area (Å²) in [5, 5.41) is 6.25. The molecule has 0 atom stereocenters. The summed E-state index contributed by atoms with van der Waals surface area (Å²) in [5.74, 6) is -0.113. The average Bonchev–Trinajstić information content (AvgIpc) is 3.16. The van der Waals surface area contributed by atoms with Gasteiger partial charge in [-0.1, -0.05) is 37.1 Å². The highest BCUT2D eigenvalue weighted by Gasteiger charge is 2.34. The van der Waals surface area contributed by atoms with E-state index in [1.54, 1.807) is 6.07 Å². The summed E-state index contributed by atoms with van der Waals surface area (Å²) >= 11 is 0. The van der Waals surface area contributed by atoms with Crippen molar-refractivity contribution in [2.45, 2.75) is 57.4 Å². The molecular formula is C23H29N3O2. The zero-order chi connectivity index (χ0) is 19.8. The predicted molar refractivity (Wildman–Crippen MR) is 110 cm³/mol. The summed E-state index contributed by atoms with van der Waals surface area (Å²) in [7, 11) is 0. The molecule has 1 saturated carbocycles. The maximum absolute atomic E-state index is 12.6. The van der Waals surface area contributed by atoms with Gasteiger partial charge in [0.2, 0.25) is 0 Å². The van der Waals surface area contributed by atoms with Gasteiger partial charge in [-0.2, -0.15) is 0 Å². The largest absolute Gasteiger partial charge is 0.351 e. The number of hydrogen-bond acceptors (Lipinski definition) is 3. The number of unbranched alkanes of at least 4 members (excludes halogenated alkanes) is 1. The van der Waals surface area contributed by atoms with E-state index in [1.165, 1.54) is 0 Å². The lowest BCUT2D eigenvalue weighted by Crippen LogP contribution is -2.46. The standard InChI is InChI=1S/C23H29N3O2/c1-18-10-9-13-20(25-18)22(28)24-17-8-7-16-23(14-5-6-15-23)26-21(27)19-11-3-2-4-12-19/h2-4,9-13H,5-8,14-17H2,1H3,(H,24,28)(H,26,27). The number of aromatic nitrogens is 1. The molecule has 0 aliphatic heterocycles. The van der Waals surface area contributed by atoms with Gasteiger partial charge in [-0.3, -0.25) is 9.59 Å². The smallest absolute Gasteiger partial charge is 0.269 e. The lowest BCUT2D eigenvalue weighted by molar-refractivity contribution is 0.0893. The first-order valence-corrected chi connectivity index (χ1v) is 10.2. The van der Waals surface area contributed by atoms with Crippen LogP contribution in [-0.2, 0) is 0 Å². The minimum atomic E-state index is -0.128. The molecule has 148 valence electrons. The number of pyridine rings is 1. The summed E-state index contributed by atoms with van der Waals surface area (Å²) in [6.07, 6.45) is 7.19. The third-order valence-corrected chi connectivity index (χ3v) is 5.46. The Labute approximate surface area is 167 Å². The second kappa shape index (κ2) is 9.49. The van der Waals surface area contributed by atoms with Crippen molar-refractivity contribution in [2.24, 2.45) is 0 Å². The van der Waals surface area contributed by atoms with Crippen LogP contribution in [0.2, 0.25) is 0 Å². The normalized spacial score (nSPS) is 15.2. The molecule has 0 spiro atoms. The third-order valence-electron chi connectivity index (χ3n) is 5.46. The first kappa shape index (κ1) is 20.1. The number of hydrogen-bond donors (Lipinski definition) is 2. The summed E-state index contributed by atoms with van der Waals surface area (Å²) in [6, 6.07) is 14.9. The van der Waals surface area contributed by atoms with E-state index < -0.39 is 0 Å². The van der Waals surface area contributed by atoms with Crippen LogP contribution in [0.25, 0.3) is 0 Å². The lowest BCUT2D eigenvalue weighted by atomic mass is 9.90. The Bertz CT molecular complexity index is 799. The first-order valence-electron chi connectivity index (χ1n) is 10.2. The summed E-state index contributed by atoms with van der Waals surface area (Å²) in [5.41, 5.74) is 1.91. The Kier molecular flexibility index (Phi) is 6.80. The fourth-order valence-corrected chi connectivity index (χ4v) is 3.94. The van der Waals surface area contributed by atoms with Crippen molar-refractivity contribution >= 4 is 11.8 Å². The maximum Gasteiger partial charge on any atom is 0.269 e. The second-order valence-corrected chi connectivity index (χ2v) is 7.68. The monoisotopic (exact) mass is 379 g/mol.